The molecule has 3 heteroatoms. The van der Waals surface area contributed by atoms with E-state index in [1.165, 1.54) is 12.8 Å². The first-order chi connectivity index (χ1) is 10.6. The zero-order valence-electron chi connectivity index (χ0n) is 14.2. The zero-order chi connectivity index (χ0) is 15.9. The van der Waals surface area contributed by atoms with E-state index >= 15 is 0 Å². The van der Waals surface area contributed by atoms with E-state index in [4.69, 9.17) is 4.74 Å². The normalized spacial score (nSPS) is 19.1. The summed E-state index contributed by atoms with van der Waals surface area (Å²) in [5, 5.41) is 0. The lowest BCUT2D eigenvalue weighted by Crippen LogP contribution is -2.38. The van der Waals surface area contributed by atoms with Crippen molar-refractivity contribution in [3.05, 3.63) is 29.3 Å². The molecule has 0 spiro atoms. The Morgan fingerprint density at radius 2 is 2.18 bits per heavy atom. The van der Waals surface area contributed by atoms with Crippen molar-refractivity contribution in [1.29, 1.82) is 0 Å². The Kier molecular flexibility index (Phi) is 6.44. The van der Waals surface area contributed by atoms with Crippen LogP contribution >= 0.6 is 0 Å². The molecular formula is C19H29NO2. The smallest absolute Gasteiger partial charge is 0.176 e. The molecule has 1 heterocycles. The summed E-state index contributed by atoms with van der Waals surface area (Å²) in [6.07, 6.45) is 4.38. The highest BCUT2D eigenvalue weighted by atomic mass is 16.5. The van der Waals surface area contributed by atoms with Crippen molar-refractivity contribution >= 4 is 5.78 Å². The van der Waals surface area contributed by atoms with E-state index in [1.54, 1.807) is 0 Å². The second-order valence-electron chi connectivity index (χ2n) is 6.43. The molecule has 122 valence electrons. The van der Waals surface area contributed by atoms with Gasteiger partial charge in [0.25, 0.3) is 0 Å². The summed E-state index contributed by atoms with van der Waals surface area (Å²) in [5.74, 6) is 1.86. The molecule has 1 aromatic carbocycles. The highest BCUT2D eigenvalue weighted by molar-refractivity contribution is 5.98. The molecule has 0 bridgehead atoms. The summed E-state index contributed by atoms with van der Waals surface area (Å²) in [6, 6.07) is 5.89. The molecule has 0 aliphatic carbocycles. The highest BCUT2D eigenvalue weighted by Crippen LogP contribution is 2.22. The lowest BCUT2D eigenvalue weighted by atomic mass is 9.99. The second-order valence-corrected chi connectivity index (χ2v) is 6.43. The Morgan fingerprint density at radius 1 is 1.36 bits per heavy atom. The molecule has 1 atom stereocenters. The number of hydrogen-bond donors (Lipinski definition) is 0. The predicted molar refractivity (Wildman–Crippen MR) is 90.8 cm³/mol. The van der Waals surface area contributed by atoms with Gasteiger partial charge in [-0.3, -0.25) is 9.69 Å². The van der Waals surface area contributed by atoms with E-state index in [0.29, 0.717) is 12.5 Å². The average molecular weight is 303 g/mol. The summed E-state index contributed by atoms with van der Waals surface area (Å²) in [4.78, 5) is 14.8. The van der Waals surface area contributed by atoms with E-state index in [1.807, 2.05) is 18.2 Å². The lowest BCUT2D eigenvalue weighted by molar-refractivity contribution is 0.0893. The molecule has 2 rings (SSSR count). The van der Waals surface area contributed by atoms with Gasteiger partial charge in [0.1, 0.15) is 5.75 Å². The van der Waals surface area contributed by atoms with Gasteiger partial charge in [0, 0.05) is 12.1 Å². The Balaban J connectivity index is 2.02. The summed E-state index contributed by atoms with van der Waals surface area (Å²) in [6.45, 7) is 9.84. The third kappa shape index (κ3) is 4.57. The molecule has 1 unspecified atom stereocenters. The molecule has 1 saturated heterocycles. The molecule has 22 heavy (non-hydrogen) atoms. The number of carbonyl (C=O) groups is 1. The maximum absolute atomic E-state index is 12.5. The van der Waals surface area contributed by atoms with E-state index in [2.05, 4.69) is 25.7 Å². The molecule has 0 amide bonds. The molecule has 1 aliphatic rings. The Morgan fingerprint density at radius 3 is 2.86 bits per heavy atom. The largest absolute Gasteiger partial charge is 0.493 e. The summed E-state index contributed by atoms with van der Waals surface area (Å²) >= 11 is 0. The van der Waals surface area contributed by atoms with Crippen molar-refractivity contribution < 1.29 is 9.53 Å². The van der Waals surface area contributed by atoms with Crippen molar-refractivity contribution in [2.24, 2.45) is 5.92 Å². The van der Waals surface area contributed by atoms with E-state index in [0.717, 1.165) is 49.4 Å². The minimum atomic E-state index is 0.228. The van der Waals surface area contributed by atoms with Crippen LogP contribution in [0, 0.1) is 5.92 Å². The maximum Gasteiger partial charge on any atom is 0.176 e. The molecule has 1 aromatic rings. The monoisotopic (exact) mass is 303 g/mol. The summed E-state index contributed by atoms with van der Waals surface area (Å²) < 4.78 is 5.75. The summed E-state index contributed by atoms with van der Waals surface area (Å²) in [7, 11) is 0. The standard InChI is InChI=1S/C19H29NO2/c1-4-11-22-19-9-8-17(12-16(19)5-2)18(21)14-20-10-6-7-15(3)13-20/h8-9,12,15H,4-7,10-11,13-14H2,1-3H3. The predicted octanol–water partition coefficient (Wildman–Crippen LogP) is 3.95. The Bertz CT molecular complexity index is 498. The van der Waals surface area contributed by atoms with E-state index in [-0.39, 0.29) is 5.78 Å². The van der Waals surface area contributed by atoms with Crippen molar-refractivity contribution in [3.8, 4) is 5.75 Å². The number of rotatable bonds is 7. The van der Waals surface area contributed by atoms with Crippen LogP contribution in [0.25, 0.3) is 0 Å². The first kappa shape index (κ1) is 17.0. The van der Waals surface area contributed by atoms with Crippen LogP contribution in [0.4, 0.5) is 0 Å². The zero-order valence-corrected chi connectivity index (χ0v) is 14.2. The lowest BCUT2D eigenvalue weighted by Gasteiger charge is -2.30. The Hall–Kier alpha value is -1.35. The number of likely N-dealkylation sites (tertiary alicyclic amines) is 1. The van der Waals surface area contributed by atoms with Crippen LogP contribution < -0.4 is 4.74 Å². The highest BCUT2D eigenvalue weighted by Gasteiger charge is 2.19. The van der Waals surface area contributed by atoms with Crippen LogP contribution in [-0.2, 0) is 6.42 Å². The molecule has 0 aromatic heterocycles. The number of nitrogens with zero attached hydrogens (tertiary/aromatic N) is 1. The van der Waals surface area contributed by atoms with Gasteiger partial charge in [-0.05, 0) is 61.9 Å². The van der Waals surface area contributed by atoms with Crippen LogP contribution in [0.3, 0.4) is 0 Å². The number of ketones is 1. The van der Waals surface area contributed by atoms with Gasteiger partial charge in [-0.2, -0.15) is 0 Å². The van der Waals surface area contributed by atoms with Gasteiger partial charge < -0.3 is 4.74 Å². The van der Waals surface area contributed by atoms with Gasteiger partial charge in [0.15, 0.2) is 5.78 Å². The average Bonchev–Trinajstić information content (AvgIpc) is 2.52. The molecule has 0 radical (unpaired) electrons. The van der Waals surface area contributed by atoms with Gasteiger partial charge in [0.05, 0.1) is 13.2 Å². The van der Waals surface area contributed by atoms with Gasteiger partial charge in [-0.1, -0.05) is 20.8 Å². The van der Waals surface area contributed by atoms with Gasteiger partial charge in [0.2, 0.25) is 0 Å². The number of ether oxygens (including phenoxy) is 1. The molecule has 0 N–H and O–H groups in total. The Labute approximate surface area is 134 Å². The fourth-order valence-corrected chi connectivity index (χ4v) is 3.11. The number of Topliss-reactive ketones (excluding diaryl/α,β-unsaturated/α-hetero) is 1. The van der Waals surface area contributed by atoms with Crippen LogP contribution in [0.1, 0.15) is 56.0 Å². The first-order valence-corrected chi connectivity index (χ1v) is 8.65. The number of benzene rings is 1. The number of aryl methyl sites for hydroxylation is 1. The summed E-state index contributed by atoms with van der Waals surface area (Å²) in [5.41, 5.74) is 1.95. The molecule has 0 saturated carbocycles. The van der Waals surface area contributed by atoms with Crippen molar-refractivity contribution in [2.75, 3.05) is 26.2 Å². The maximum atomic E-state index is 12.5. The van der Waals surface area contributed by atoms with Gasteiger partial charge >= 0.3 is 0 Å². The van der Waals surface area contributed by atoms with E-state index < -0.39 is 0 Å². The van der Waals surface area contributed by atoms with Gasteiger partial charge in [-0.25, -0.2) is 0 Å². The van der Waals surface area contributed by atoms with Crippen LogP contribution in [0.2, 0.25) is 0 Å². The van der Waals surface area contributed by atoms with E-state index in [9.17, 15) is 4.79 Å². The molecule has 3 nitrogen and oxygen atoms in total. The van der Waals surface area contributed by atoms with Crippen molar-refractivity contribution in [3.63, 3.8) is 0 Å². The number of hydrogen-bond acceptors (Lipinski definition) is 3. The molecular weight excluding hydrogens is 274 g/mol. The van der Waals surface area contributed by atoms with Crippen LogP contribution in [-0.4, -0.2) is 36.9 Å². The second kappa shape index (κ2) is 8.33. The van der Waals surface area contributed by atoms with Crippen molar-refractivity contribution in [2.45, 2.75) is 46.5 Å². The fourth-order valence-electron chi connectivity index (χ4n) is 3.11. The quantitative estimate of drug-likeness (QED) is 0.714. The number of piperidine rings is 1. The van der Waals surface area contributed by atoms with Gasteiger partial charge in [-0.15, -0.1) is 0 Å². The molecule has 1 fully saturated rings. The minimum Gasteiger partial charge on any atom is -0.493 e. The van der Waals surface area contributed by atoms with Crippen LogP contribution in [0.15, 0.2) is 18.2 Å². The molecule has 1 aliphatic heterocycles. The topological polar surface area (TPSA) is 29.5 Å². The van der Waals surface area contributed by atoms with Crippen molar-refractivity contribution in [1.82, 2.24) is 4.90 Å². The van der Waals surface area contributed by atoms with Crippen LogP contribution in [0.5, 0.6) is 5.75 Å². The number of carbonyl (C=O) groups excluding carboxylic acids is 1. The third-order valence-corrected chi connectivity index (χ3v) is 4.33. The minimum absolute atomic E-state index is 0.228. The fraction of sp³-hybridized carbons (Fsp3) is 0.632. The third-order valence-electron chi connectivity index (χ3n) is 4.33. The first-order valence-electron chi connectivity index (χ1n) is 8.65. The SMILES string of the molecule is CCCOc1ccc(C(=O)CN2CCCC(C)C2)cc1CC.